The van der Waals surface area contributed by atoms with Gasteiger partial charge in [-0.1, -0.05) is 65.7 Å². The Kier molecular flexibility index (Phi) is 11.3. The van der Waals surface area contributed by atoms with Gasteiger partial charge in [0, 0.05) is 37.5 Å². The molecule has 294 valence electrons. The first-order chi connectivity index (χ1) is 29.7. The van der Waals surface area contributed by atoms with Crippen molar-refractivity contribution in [2.75, 3.05) is 0 Å². The number of hydrogen-bond donors (Lipinski definition) is 0. The summed E-state index contributed by atoms with van der Waals surface area (Å²) < 4.78 is 6.58. The number of nitrogens with zero attached hydrogens (tertiary/aromatic N) is 7. The van der Waals surface area contributed by atoms with E-state index < -0.39 is 0 Å². The zero-order valence-electron chi connectivity index (χ0n) is 33.3. The van der Waals surface area contributed by atoms with Gasteiger partial charge in [0.25, 0.3) is 0 Å². The van der Waals surface area contributed by atoms with Crippen LogP contribution in [0, 0.1) is 18.2 Å². The normalized spacial score (nSPS) is 11.0. The van der Waals surface area contributed by atoms with Gasteiger partial charge in [0.1, 0.15) is 0 Å². The van der Waals surface area contributed by atoms with Crippen LogP contribution < -0.4 is 0 Å². The van der Waals surface area contributed by atoms with Crippen molar-refractivity contribution in [2.45, 2.75) is 12.8 Å². The summed E-state index contributed by atoms with van der Waals surface area (Å²) in [5.41, 5.74) is 14.9. The van der Waals surface area contributed by atoms with Gasteiger partial charge in [-0.25, -0.2) is 4.98 Å². The van der Waals surface area contributed by atoms with E-state index in [1.54, 1.807) is 6.20 Å². The number of fused-ring (bicyclic) bond motifs is 5. The summed E-state index contributed by atoms with van der Waals surface area (Å²) in [6.45, 7) is 0. The fourth-order valence-electron chi connectivity index (χ4n) is 7.92. The van der Waals surface area contributed by atoms with Crippen LogP contribution in [0.3, 0.4) is 0 Å². The van der Waals surface area contributed by atoms with E-state index in [9.17, 15) is 0 Å². The predicted molar refractivity (Wildman–Crippen MR) is 240 cm³/mol. The van der Waals surface area contributed by atoms with Crippen LogP contribution in [0.2, 0.25) is 0 Å². The molecule has 61 heavy (non-hydrogen) atoms. The van der Waals surface area contributed by atoms with Crippen LogP contribution in [-0.2, 0) is 40.0 Å². The number of para-hydroxylation sites is 2. The molecule has 0 atom stereocenters. The van der Waals surface area contributed by atoms with E-state index in [1.165, 1.54) is 11.1 Å². The molecule has 5 heterocycles. The molecule has 0 bridgehead atoms. The van der Waals surface area contributed by atoms with Crippen LogP contribution in [0.1, 0.15) is 11.1 Å². The molecule has 0 aliphatic carbocycles. The Morgan fingerprint density at radius 2 is 1.36 bits per heavy atom. The van der Waals surface area contributed by atoms with Gasteiger partial charge in [0.2, 0.25) is 5.78 Å². The van der Waals surface area contributed by atoms with Crippen molar-refractivity contribution in [1.29, 1.82) is 0 Å². The van der Waals surface area contributed by atoms with E-state index >= 15 is 0 Å². The smallest absolute Gasteiger partial charge is 0.373 e. The third kappa shape index (κ3) is 7.83. The zero-order valence-corrected chi connectivity index (χ0v) is 35.7. The molecule has 5 aromatic heterocycles. The maximum absolute atomic E-state index is 5.26. The number of benzene rings is 6. The third-order valence-electron chi connectivity index (χ3n) is 10.8. The molecule has 7 nitrogen and oxygen atoms in total. The minimum atomic E-state index is 0. The Morgan fingerprint density at radius 1 is 0.574 bits per heavy atom. The molecule has 11 aromatic rings. The first-order valence-corrected chi connectivity index (χ1v) is 20.0. The summed E-state index contributed by atoms with van der Waals surface area (Å²) in [5, 5.41) is 0. The van der Waals surface area contributed by atoms with Crippen LogP contribution in [-0.4, -0.2) is 33.5 Å². The number of aryl methyl sites for hydroxylation is 3. The van der Waals surface area contributed by atoms with E-state index in [4.69, 9.17) is 9.97 Å². The molecule has 0 unspecified atom stereocenters. The van der Waals surface area contributed by atoms with Gasteiger partial charge in [0.05, 0.1) is 27.9 Å². The maximum Gasteiger partial charge on any atom is 3.00 e. The number of aromatic nitrogens is 7. The van der Waals surface area contributed by atoms with Gasteiger partial charge in [-0.05, 0) is 77.8 Å². The summed E-state index contributed by atoms with van der Waals surface area (Å²) in [5.74, 6) is 1.84. The van der Waals surface area contributed by atoms with Gasteiger partial charge < -0.3 is 14.5 Å². The minimum absolute atomic E-state index is 0. The summed E-state index contributed by atoms with van der Waals surface area (Å²) >= 11 is 0. The SMILES string of the molecule is Cn1ccnc1-c1[c-]cccc1.[Ir+3].[c-]1ccc(-c2cccc3nc4n(-c5ccccc5)c5ccc(CCc6cccnc6-c6[c-]cccc6)cc5n4c23)cc1-c1ccccn1. The second-order valence-electron chi connectivity index (χ2n) is 14.5. The van der Waals surface area contributed by atoms with Gasteiger partial charge >= 0.3 is 20.1 Å². The molecule has 0 aliphatic heterocycles. The van der Waals surface area contributed by atoms with Gasteiger partial charge in [-0.2, -0.15) is 0 Å². The van der Waals surface area contributed by atoms with Crippen molar-refractivity contribution in [3.63, 3.8) is 0 Å². The summed E-state index contributed by atoms with van der Waals surface area (Å²) in [7, 11) is 1.98. The van der Waals surface area contributed by atoms with Crippen LogP contribution in [0.4, 0.5) is 0 Å². The first-order valence-electron chi connectivity index (χ1n) is 20.0. The van der Waals surface area contributed by atoms with E-state index in [0.717, 1.165) is 91.4 Å². The Bertz CT molecular complexity index is 3210. The Balaban J connectivity index is 0.000000316. The second-order valence-corrected chi connectivity index (χ2v) is 14.5. The van der Waals surface area contributed by atoms with Gasteiger partial charge in [-0.15, -0.1) is 102 Å². The molecule has 0 amide bonds. The van der Waals surface area contributed by atoms with Crippen LogP contribution in [0.5, 0.6) is 0 Å². The molecule has 0 spiro atoms. The Hall–Kier alpha value is -7.25. The van der Waals surface area contributed by atoms with Crippen molar-refractivity contribution in [3.05, 3.63) is 218 Å². The van der Waals surface area contributed by atoms with E-state index in [-0.39, 0.29) is 20.1 Å². The molecule has 0 fully saturated rings. The minimum Gasteiger partial charge on any atom is -0.373 e. The topological polar surface area (TPSA) is 65.8 Å². The van der Waals surface area contributed by atoms with Crippen molar-refractivity contribution < 1.29 is 20.1 Å². The van der Waals surface area contributed by atoms with Crippen LogP contribution >= 0.6 is 0 Å². The average molecular weight is 965 g/mol. The fraction of sp³-hybridized carbons (Fsp3) is 0.0566. The predicted octanol–water partition coefficient (Wildman–Crippen LogP) is 11.5. The zero-order chi connectivity index (χ0) is 40.3. The fourth-order valence-corrected chi connectivity index (χ4v) is 7.92. The van der Waals surface area contributed by atoms with Crippen molar-refractivity contribution in [1.82, 2.24) is 33.5 Å². The second kappa shape index (κ2) is 17.5. The molecule has 0 saturated carbocycles. The average Bonchev–Trinajstić information content (AvgIpc) is 4.02. The molecule has 0 radical (unpaired) electrons. The van der Waals surface area contributed by atoms with Crippen molar-refractivity contribution >= 4 is 27.8 Å². The summed E-state index contributed by atoms with van der Waals surface area (Å²) in [6, 6.07) is 65.9. The molecule has 6 aromatic carbocycles. The van der Waals surface area contributed by atoms with Crippen LogP contribution in [0.25, 0.3) is 78.6 Å². The molecule has 11 rings (SSSR count). The van der Waals surface area contributed by atoms with E-state index in [1.807, 2.05) is 103 Å². The number of pyridine rings is 2. The Labute approximate surface area is 368 Å². The quantitative estimate of drug-likeness (QED) is 0.142. The third-order valence-corrected chi connectivity index (χ3v) is 10.8. The molecule has 8 heteroatoms. The largest absolute Gasteiger partial charge is 3.00 e. The van der Waals surface area contributed by atoms with Gasteiger partial charge in [0.15, 0.2) is 0 Å². The van der Waals surface area contributed by atoms with Crippen molar-refractivity contribution in [3.8, 4) is 50.7 Å². The molecule has 0 saturated heterocycles. The van der Waals surface area contributed by atoms with Gasteiger partial charge in [-0.3, -0.25) is 14.0 Å². The summed E-state index contributed by atoms with van der Waals surface area (Å²) in [6.07, 6.45) is 9.14. The standard InChI is InChI=1S/C43H29N5.C10H9N2.Ir/c1-3-12-31(13-4-1)41-32(16-11-27-45-41)24-22-30-23-25-39-40(28-30)48-42-36(33-14-9-15-34(29-33)37-20-7-8-26-44-37)19-10-21-38(42)46-43(48)47(39)35-17-5-2-6-18-35;1-12-8-7-11-10(12)9-5-3-2-4-6-9;/h1-12,14,16-21,23,25-29H,22,24H2;2-5,7-8H,1H3;/q-2;-1;+3. The number of imidazole rings is 3. The van der Waals surface area contributed by atoms with Crippen molar-refractivity contribution in [2.24, 2.45) is 7.05 Å². The number of rotatable bonds is 8. The van der Waals surface area contributed by atoms with Crippen LogP contribution in [0.15, 0.2) is 189 Å². The maximum atomic E-state index is 5.26. The molecule has 0 N–H and O–H groups in total. The van der Waals surface area contributed by atoms with E-state index in [2.05, 4.69) is 128 Å². The first kappa shape index (κ1) is 39.2. The molecular weight excluding hydrogens is 927 g/mol. The summed E-state index contributed by atoms with van der Waals surface area (Å²) in [4.78, 5) is 18.8. The monoisotopic (exact) mass is 965 g/mol. The van der Waals surface area contributed by atoms with E-state index in [0.29, 0.717) is 0 Å². The number of hydrogen-bond acceptors (Lipinski definition) is 4. The Morgan fingerprint density at radius 3 is 2.13 bits per heavy atom. The molecule has 0 aliphatic rings. The molecular formula is C53H38IrN7.